The van der Waals surface area contributed by atoms with Gasteiger partial charge in [-0.15, -0.1) is 0 Å². The molecule has 2 aromatic carbocycles. The van der Waals surface area contributed by atoms with E-state index < -0.39 is 10.0 Å². The molecule has 7 nitrogen and oxygen atoms in total. The van der Waals surface area contributed by atoms with Crippen molar-refractivity contribution in [1.29, 1.82) is 0 Å². The normalized spacial score (nSPS) is 11.4. The predicted octanol–water partition coefficient (Wildman–Crippen LogP) is 3.54. The van der Waals surface area contributed by atoms with Crippen molar-refractivity contribution in [3.05, 3.63) is 60.0 Å². The van der Waals surface area contributed by atoms with Crippen molar-refractivity contribution in [2.45, 2.75) is 25.3 Å². The van der Waals surface area contributed by atoms with Gasteiger partial charge in [0, 0.05) is 5.56 Å². The number of hydrogen-bond acceptors (Lipinski definition) is 6. The van der Waals surface area contributed by atoms with E-state index >= 15 is 0 Å². The number of methoxy groups -OCH3 is 1. The number of nitrogens with one attached hydrogen (secondary N) is 1. The highest BCUT2D eigenvalue weighted by Crippen LogP contribution is 2.24. The summed E-state index contributed by atoms with van der Waals surface area (Å²) in [6.45, 7) is 4.30. The van der Waals surface area contributed by atoms with Crippen molar-refractivity contribution in [3.63, 3.8) is 0 Å². The van der Waals surface area contributed by atoms with E-state index in [-0.39, 0.29) is 11.4 Å². The molecule has 0 unspecified atom stereocenters. The highest BCUT2D eigenvalue weighted by atomic mass is 32.2. The molecular weight excluding hydrogens is 380 g/mol. The van der Waals surface area contributed by atoms with Crippen molar-refractivity contribution in [2.24, 2.45) is 0 Å². The third kappa shape index (κ3) is 4.52. The Kier molecular flexibility index (Phi) is 6.01. The average Bonchev–Trinajstić information content (AvgIpc) is 3.08. The summed E-state index contributed by atoms with van der Waals surface area (Å²) in [5.41, 5.74) is 1.32. The van der Waals surface area contributed by atoms with Gasteiger partial charge in [-0.3, -0.25) is 0 Å². The predicted molar refractivity (Wildman–Crippen MR) is 105 cm³/mol. The Morgan fingerprint density at radius 1 is 1.04 bits per heavy atom. The van der Waals surface area contributed by atoms with Crippen molar-refractivity contribution < 1.29 is 22.3 Å². The van der Waals surface area contributed by atoms with Crippen LogP contribution in [0.1, 0.15) is 18.4 Å². The van der Waals surface area contributed by atoms with Crippen molar-refractivity contribution in [1.82, 2.24) is 9.71 Å². The van der Waals surface area contributed by atoms with Gasteiger partial charge in [-0.05, 0) is 62.4 Å². The first-order valence-electron chi connectivity index (χ1n) is 8.76. The second-order valence-electron chi connectivity index (χ2n) is 5.98. The van der Waals surface area contributed by atoms with Gasteiger partial charge >= 0.3 is 0 Å². The Morgan fingerprint density at radius 3 is 2.29 bits per heavy atom. The second kappa shape index (κ2) is 8.45. The van der Waals surface area contributed by atoms with E-state index in [1.807, 2.05) is 31.2 Å². The fourth-order valence-corrected chi connectivity index (χ4v) is 3.57. The van der Waals surface area contributed by atoms with E-state index in [2.05, 4.69) is 9.71 Å². The van der Waals surface area contributed by atoms with Crippen LogP contribution in [0.5, 0.6) is 11.5 Å². The molecule has 0 atom stereocenters. The van der Waals surface area contributed by atoms with Crippen LogP contribution in [0.3, 0.4) is 0 Å². The molecule has 3 aromatic rings. The molecule has 3 rings (SSSR count). The lowest BCUT2D eigenvalue weighted by molar-refractivity contribution is 0.340. The Balaban J connectivity index is 1.72. The van der Waals surface area contributed by atoms with Crippen molar-refractivity contribution in [3.8, 4) is 23.0 Å². The molecular formula is C20H22N2O5S. The second-order valence-corrected chi connectivity index (χ2v) is 7.75. The minimum absolute atomic E-state index is 0.0285. The Labute approximate surface area is 164 Å². The quantitative estimate of drug-likeness (QED) is 0.620. The van der Waals surface area contributed by atoms with Crippen molar-refractivity contribution in [2.75, 3.05) is 13.7 Å². The van der Waals surface area contributed by atoms with Gasteiger partial charge in [-0.25, -0.2) is 18.1 Å². The molecule has 0 bridgehead atoms. The minimum atomic E-state index is -3.67. The van der Waals surface area contributed by atoms with Gasteiger partial charge in [0.25, 0.3) is 0 Å². The van der Waals surface area contributed by atoms with E-state index in [0.29, 0.717) is 29.7 Å². The molecule has 28 heavy (non-hydrogen) atoms. The molecule has 8 heteroatoms. The number of benzene rings is 2. The van der Waals surface area contributed by atoms with Crippen LogP contribution in [0.2, 0.25) is 0 Å². The van der Waals surface area contributed by atoms with Crippen LogP contribution in [-0.4, -0.2) is 27.1 Å². The monoisotopic (exact) mass is 402 g/mol. The molecule has 0 fully saturated rings. The lowest BCUT2D eigenvalue weighted by Crippen LogP contribution is -2.23. The standard InChI is InChI=1S/C20H22N2O5S/c1-4-26-17-7-5-15(6-8-17)20-22-19(14(2)27-20)13-21-28(23,24)18-11-9-16(25-3)10-12-18/h5-12,21H,4,13H2,1-3H3. The maximum absolute atomic E-state index is 12.5. The van der Waals surface area contributed by atoms with Crippen LogP contribution in [0, 0.1) is 6.92 Å². The Bertz CT molecular complexity index is 1030. The highest BCUT2D eigenvalue weighted by molar-refractivity contribution is 7.89. The summed E-state index contributed by atoms with van der Waals surface area (Å²) in [5.74, 6) is 2.34. The largest absolute Gasteiger partial charge is 0.497 e. The molecule has 0 aliphatic carbocycles. The van der Waals surface area contributed by atoms with Crippen LogP contribution in [0.15, 0.2) is 57.8 Å². The van der Waals surface area contributed by atoms with E-state index in [0.717, 1.165) is 11.3 Å². The number of ether oxygens (including phenoxy) is 2. The summed E-state index contributed by atoms with van der Waals surface area (Å²) in [6.07, 6.45) is 0. The molecule has 0 amide bonds. The molecule has 1 aromatic heterocycles. The molecule has 0 radical (unpaired) electrons. The topological polar surface area (TPSA) is 90.7 Å². The van der Waals surface area contributed by atoms with E-state index in [9.17, 15) is 8.42 Å². The number of oxazole rings is 1. The van der Waals surface area contributed by atoms with Crippen LogP contribution in [-0.2, 0) is 16.6 Å². The molecule has 1 heterocycles. The fourth-order valence-electron chi connectivity index (χ4n) is 2.58. The molecule has 0 saturated heterocycles. The Hall–Kier alpha value is -2.84. The zero-order valence-electron chi connectivity index (χ0n) is 15.9. The molecule has 0 aliphatic rings. The third-order valence-electron chi connectivity index (χ3n) is 4.10. The number of aryl methyl sites for hydroxylation is 1. The van der Waals surface area contributed by atoms with E-state index in [1.165, 1.54) is 19.2 Å². The average molecular weight is 402 g/mol. The zero-order valence-corrected chi connectivity index (χ0v) is 16.7. The highest BCUT2D eigenvalue weighted by Gasteiger charge is 2.17. The molecule has 0 spiro atoms. The van der Waals surface area contributed by atoms with Crippen LogP contribution in [0.25, 0.3) is 11.5 Å². The molecule has 148 valence electrons. The summed E-state index contributed by atoms with van der Waals surface area (Å²) in [4.78, 5) is 4.58. The lowest BCUT2D eigenvalue weighted by atomic mass is 10.2. The van der Waals surface area contributed by atoms with Gasteiger partial charge in [-0.2, -0.15) is 0 Å². The molecule has 0 aliphatic heterocycles. The summed E-state index contributed by atoms with van der Waals surface area (Å²) >= 11 is 0. The van der Waals surface area contributed by atoms with Gasteiger partial charge < -0.3 is 13.9 Å². The summed E-state index contributed by atoms with van der Waals surface area (Å²) in [6, 6.07) is 13.5. The maximum Gasteiger partial charge on any atom is 0.240 e. The maximum atomic E-state index is 12.5. The lowest BCUT2D eigenvalue weighted by Gasteiger charge is -2.06. The number of nitrogens with zero attached hydrogens (tertiary/aromatic N) is 1. The minimum Gasteiger partial charge on any atom is -0.497 e. The van der Waals surface area contributed by atoms with E-state index in [1.54, 1.807) is 19.1 Å². The SMILES string of the molecule is CCOc1ccc(-c2nc(CNS(=O)(=O)c3ccc(OC)cc3)c(C)o2)cc1. The Morgan fingerprint density at radius 2 is 1.68 bits per heavy atom. The molecule has 0 saturated carbocycles. The van der Waals surface area contributed by atoms with Gasteiger partial charge in [0.2, 0.25) is 15.9 Å². The van der Waals surface area contributed by atoms with Gasteiger partial charge in [0.1, 0.15) is 17.3 Å². The first-order chi connectivity index (χ1) is 13.4. The van der Waals surface area contributed by atoms with Crippen LogP contribution >= 0.6 is 0 Å². The van der Waals surface area contributed by atoms with Crippen molar-refractivity contribution >= 4 is 10.0 Å². The number of rotatable bonds is 8. The van der Waals surface area contributed by atoms with Gasteiger partial charge in [0.05, 0.1) is 30.9 Å². The van der Waals surface area contributed by atoms with Gasteiger partial charge in [-0.1, -0.05) is 0 Å². The van der Waals surface area contributed by atoms with Crippen LogP contribution in [0.4, 0.5) is 0 Å². The van der Waals surface area contributed by atoms with Crippen LogP contribution < -0.4 is 14.2 Å². The first kappa shape index (κ1) is 19.9. The van der Waals surface area contributed by atoms with Gasteiger partial charge in [0.15, 0.2) is 0 Å². The molecule has 1 N–H and O–H groups in total. The smallest absolute Gasteiger partial charge is 0.240 e. The first-order valence-corrected chi connectivity index (χ1v) is 10.2. The van der Waals surface area contributed by atoms with E-state index in [4.69, 9.17) is 13.9 Å². The zero-order chi connectivity index (χ0) is 20.1. The summed E-state index contributed by atoms with van der Waals surface area (Å²) < 4.78 is 43.7. The summed E-state index contributed by atoms with van der Waals surface area (Å²) in [5, 5.41) is 0. The summed E-state index contributed by atoms with van der Waals surface area (Å²) in [7, 11) is -2.15. The number of hydrogen-bond donors (Lipinski definition) is 1. The number of sulfonamides is 1. The number of aromatic nitrogens is 1. The fraction of sp³-hybridized carbons (Fsp3) is 0.250. The third-order valence-corrected chi connectivity index (χ3v) is 5.52.